The Morgan fingerprint density at radius 3 is 2.26 bits per heavy atom. The molecule has 472 valence electrons. The molecule has 4 saturated heterocycles. The number of nitrogens with zero attached hydrogens (tertiary/aromatic N) is 5. The molecule has 4 amide bonds. The first kappa shape index (κ1) is 64.9. The van der Waals surface area contributed by atoms with Gasteiger partial charge in [-0.2, -0.15) is 13.2 Å². The molecule has 0 saturated carbocycles. The van der Waals surface area contributed by atoms with Crippen molar-refractivity contribution in [2.45, 2.75) is 97.0 Å². The van der Waals surface area contributed by atoms with Crippen LogP contribution in [-0.4, -0.2) is 163 Å². The van der Waals surface area contributed by atoms with Gasteiger partial charge in [0.05, 0.1) is 17.2 Å². The van der Waals surface area contributed by atoms with Crippen molar-refractivity contribution < 1.29 is 53.5 Å². The summed E-state index contributed by atoms with van der Waals surface area (Å²) in [5, 5.41) is 6.04. The number of carbonyl (C=O) groups is 3. The fourth-order valence-electron chi connectivity index (χ4n) is 12.6. The van der Waals surface area contributed by atoms with Gasteiger partial charge in [-0.15, -0.1) is 11.8 Å². The molecule has 3 N–H and O–H groups in total. The smallest absolute Gasteiger partial charge is 0.380 e. The van der Waals surface area contributed by atoms with Gasteiger partial charge in [0.25, 0.3) is 25.8 Å². The zero-order chi connectivity index (χ0) is 62.2. The second kappa shape index (κ2) is 28.4. The van der Waals surface area contributed by atoms with Crippen LogP contribution in [0, 0.1) is 11.2 Å². The van der Waals surface area contributed by atoms with Crippen LogP contribution in [0.4, 0.5) is 33.7 Å². The molecule has 2 atom stereocenters. The number of hydrogen-bond acceptors (Lipinski definition) is 14. The van der Waals surface area contributed by atoms with Crippen molar-refractivity contribution in [1.82, 2.24) is 29.6 Å². The lowest BCUT2D eigenvalue weighted by Crippen LogP contribution is -2.48. The molecule has 5 aromatic carbocycles. The number of likely N-dealkylation sites (tertiary alicyclic amines) is 1. The Balaban J connectivity index is 0.757. The summed E-state index contributed by atoms with van der Waals surface area (Å²) in [6.07, 6.45) is 5.90. The third-order valence-electron chi connectivity index (χ3n) is 17.5. The fourth-order valence-corrected chi connectivity index (χ4v) is 15.8. The minimum absolute atomic E-state index is 0.0110. The quantitative estimate of drug-likeness (QED) is 0.0466. The van der Waals surface area contributed by atoms with Gasteiger partial charge in [-0.25, -0.2) is 30.7 Å². The van der Waals surface area contributed by atoms with Crippen LogP contribution >= 0.6 is 23.4 Å². The van der Waals surface area contributed by atoms with Crippen molar-refractivity contribution in [1.29, 1.82) is 0 Å². The number of piperazine rings is 1. The number of alkyl halides is 3. The van der Waals surface area contributed by atoms with E-state index in [-0.39, 0.29) is 35.0 Å². The second-order valence-electron chi connectivity index (χ2n) is 23.9. The minimum atomic E-state index is -6.10. The molecule has 24 heteroatoms. The summed E-state index contributed by atoms with van der Waals surface area (Å²) in [5.41, 5.74) is -0.0421. The Labute approximate surface area is 522 Å². The summed E-state index contributed by atoms with van der Waals surface area (Å²) >= 11 is 7.80. The number of rotatable bonds is 21. The van der Waals surface area contributed by atoms with Crippen LogP contribution in [0.5, 0.6) is 0 Å². The Kier molecular flexibility index (Phi) is 21.0. The molecule has 4 fully saturated rings. The van der Waals surface area contributed by atoms with Crippen molar-refractivity contribution in [2.24, 2.45) is 5.41 Å². The maximum Gasteiger partial charge on any atom is 0.501 e. The maximum absolute atomic E-state index is 15.4. The Bertz CT molecular complexity index is 3550. The molecule has 0 radical (unpaired) electrons. The van der Waals surface area contributed by atoms with Gasteiger partial charge in [-0.05, 0) is 164 Å². The lowest BCUT2D eigenvalue weighted by Gasteiger charge is -2.44. The molecule has 88 heavy (non-hydrogen) atoms. The summed E-state index contributed by atoms with van der Waals surface area (Å²) in [6, 6.07) is 30.3. The molecule has 10 rings (SSSR count). The molecule has 5 aliphatic rings. The average molecular weight is 1290 g/mol. The van der Waals surface area contributed by atoms with E-state index in [4.69, 9.17) is 16.3 Å². The molecule has 0 spiro atoms. The average Bonchev–Trinajstić information content (AvgIpc) is 1.17. The highest BCUT2D eigenvalue weighted by Crippen LogP contribution is 2.45. The highest BCUT2D eigenvalue weighted by atomic mass is 35.5. The van der Waals surface area contributed by atoms with Crippen LogP contribution < -0.4 is 20.3 Å². The number of ether oxygens (including phenoxy) is 1. The SMILES string of the molecule is C[C@@]1(CN2CCC(c3cc(CN4CCC(=O)NC4=O)ccc3F)CC2)CCC(c2ccc(Cl)cc2)=C(CN2CCN(c3ccc(C(=O)NS(=O)(=O)c4ccc(N[C@H](CCN5CCCOCC5)CSc5ccccc5)c(S(=O)(=O)C(F)(F)F)c4)cc3)CC2)C1. The largest absolute Gasteiger partial charge is 0.501 e. The Morgan fingerprint density at radius 1 is 0.807 bits per heavy atom. The van der Waals surface area contributed by atoms with Crippen LogP contribution in [0.15, 0.2) is 136 Å². The number of imide groups is 1. The van der Waals surface area contributed by atoms with Crippen LogP contribution in [0.3, 0.4) is 0 Å². The van der Waals surface area contributed by atoms with E-state index in [1.54, 1.807) is 23.1 Å². The topological polar surface area (TPSA) is 181 Å². The van der Waals surface area contributed by atoms with Crippen LogP contribution in [0.25, 0.3) is 5.57 Å². The lowest BCUT2D eigenvalue weighted by atomic mass is 9.70. The van der Waals surface area contributed by atoms with Crippen molar-refractivity contribution in [3.63, 3.8) is 0 Å². The summed E-state index contributed by atoms with van der Waals surface area (Å²) in [7, 11) is -11.0. The van der Waals surface area contributed by atoms with Crippen LogP contribution in [0.1, 0.15) is 91.3 Å². The molecule has 1 aliphatic carbocycles. The van der Waals surface area contributed by atoms with Crippen LogP contribution in [-0.2, 0) is 35.9 Å². The summed E-state index contributed by atoms with van der Waals surface area (Å²) in [4.78, 5) is 47.4. The number of anilines is 2. The van der Waals surface area contributed by atoms with Gasteiger partial charge in [-0.1, -0.05) is 66.6 Å². The highest BCUT2D eigenvalue weighted by Gasteiger charge is 2.49. The number of halogens is 5. The molecular formula is C64H75ClF4N8O8S3. The maximum atomic E-state index is 15.4. The van der Waals surface area contributed by atoms with E-state index >= 15 is 4.39 Å². The predicted molar refractivity (Wildman–Crippen MR) is 334 cm³/mol. The highest BCUT2D eigenvalue weighted by molar-refractivity contribution is 7.99. The number of sulfone groups is 1. The number of hydrogen-bond donors (Lipinski definition) is 3. The molecule has 0 unspecified atom stereocenters. The number of piperidine rings is 1. The zero-order valence-corrected chi connectivity index (χ0v) is 52.4. The van der Waals surface area contributed by atoms with Crippen molar-refractivity contribution in [2.75, 3.05) is 108 Å². The fraction of sp³-hybridized carbons (Fsp3) is 0.453. The number of sulfonamides is 1. The standard InChI is InChI=1S/C64H75ClF4N8O8S3/c1-63(44-75-27-21-47(22-28-75)56-38-45(8-18-57(56)66)41-77-30-24-60(78)71-62(77)80)25-20-55(46-9-13-50(65)14-10-46)49(40-63)42-74-31-33-76(34-32-74)52-15-11-48(12-16-52)61(79)72-88(83,84)54-17-19-58(59(39-54)87(81,82)64(67,68)69)70-51(43-86-53-6-3-2-4-7-53)23-29-73-26-5-36-85-37-35-73/h2-4,6-19,38-39,47,51,70H,5,20-37,40-44H2,1H3,(H,72,79)(H,71,78,80)/t51-,63-/m1/s1. The third kappa shape index (κ3) is 16.5. The number of thioether (sulfide) groups is 1. The summed E-state index contributed by atoms with van der Waals surface area (Å²) < 4.78 is 120. The lowest BCUT2D eigenvalue weighted by molar-refractivity contribution is -0.121. The van der Waals surface area contributed by atoms with Gasteiger partial charge in [-0.3, -0.25) is 19.8 Å². The van der Waals surface area contributed by atoms with Crippen LogP contribution in [0.2, 0.25) is 5.02 Å². The summed E-state index contributed by atoms with van der Waals surface area (Å²) in [5.74, 6) is -1.19. The normalized spacial score (nSPS) is 20.4. The first-order valence-corrected chi connectivity index (χ1v) is 34.3. The number of amides is 4. The molecule has 16 nitrogen and oxygen atoms in total. The van der Waals surface area contributed by atoms with E-state index in [1.807, 2.05) is 53.3 Å². The Morgan fingerprint density at radius 2 is 1.55 bits per heavy atom. The van der Waals surface area contributed by atoms with Crippen molar-refractivity contribution in [3.05, 3.63) is 154 Å². The number of benzene rings is 5. The first-order valence-electron chi connectivity index (χ1n) is 30.0. The van der Waals surface area contributed by atoms with E-state index in [9.17, 15) is 44.4 Å². The van der Waals surface area contributed by atoms with Gasteiger partial charge in [0, 0.05) is 118 Å². The number of nitrogens with one attached hydrogen (secondary N) is 3. The number of carbonyl (C=O) groups excluding carboxylic acids is 3. The summed E-state index contributed by atoms with van der Waals surface area (Å²) in [6.45, 7) is 12.3. The molecular weight excluding hydrogens is 1220 g/mol. The third-order valence-corrected chi connectivity index (χ3v) is 21.8. The monoisotopic (exact) mass is 1290 g/mol. The molecule has 4 aliphatic heterocycles. The van der Waals surface area contributed by atoms with E-state index in [0.717, 1.165) is 118 Å². The zero-order valence-electron chi connectivity index (χ0n) is 49.2. The van der Waals surface area contributed by atoms with E-state index in [2.05, 4.69) is 49.3 Å². The van der Waals surface area contributed by atoms with Crippen molar-refractivity contribution in [3.8, 4) is 0 Å². The minimum Gasteiger partial charge on any atom is -0.380 e. The van der Waals surface area contributed by atoms with E-state index in [0.29, 0.717) is 81.3 Å². The molecule has 5 aromatic rings. The number of urea groups is 1. The van der Waals surface area contributed by atoms with Gasteiger partial charge in [0.2, 0.25) is 5.91 Å². The van der Waals surface area contributed by atoms with Crippen molar-refractivity contribution >= 4 is 78.0 Å². The van der Waals surface area contributed by atoms with E-state index in [1.165, 1.54) is 41.1 Å². The molecule has 0 bridgehead atoms. The number of allylic oxidation sites excluding steroid dienone is 1. The second-order valence-corrected chi connectivity index (χ2v) is 29.0. The molecule has 0 aromatic heterocycles. The van der Waals surface area contributed by atoms with E-state index < -0.39 is 58.8 Å². The van der Waals surface area contributed by atoms with Gasteiger partial charge in [0.1, 0.15) is 10.7 Å². The van der Waals surface area contributed by atoms with Gasteiger partial charge >= 0.3 is 11.5 Å². The van der Waals surface area contributed by atoms with Gasteiger partial charge in [0.15, 0.2) is 0 Å². The molecule has 4 heterocycles. The Hall–Kier alpha value is -6.05. The predicted octanol–water partition coefficient (Wildman–Crippen LogP) is 10.7. The van der Waals surface area contributed by atoms with Gasteiger partial charge < -0.3 is 29.7 Å². The first-order chi connectivity index (χ1) is 42.1.